The van der Waals surface area contributed by atoms with Crippen LogP contribution in [0.25, 0.3) is 0 Å². The lowest BCUT2D eigenvalue weighted by Crippen LogP contribution is -2.32. The first-order valence-corrected chi connectivity index (χ1v) is 6.06. The summed E-state index contributed by atoms with van der Waals surface area (Å²) in [5.41, 5.74) is 0. The van der Waals surface area contributed by atoms with Crippen LogP contribution < -0.4 is 0 Å². The molecule has 1 rings (SSSR count). The van der Waals surface area contributed by atoms with Crippen molar-refractivity contribution in [3.8, 4) is 0 Å². The van der Waals surface area contributed by atoms with Gasteiger partial charge in [-0.2, -0.15) is 0 Å². The van der Waals surface area contributed by atoms with Crippen molar-refractivity contribution in [3.63, 3.8) is 0 Å². The van der Waals surface area contributed by atoms with Gasteiger partial charge in [-0.05, 0) is 0 Å². The molecule has 15 heavy (non-hydrogen) atoms. The van der Waals surface area contributed by atoms with Gasteiger partial charge >= 0.3 is 0 Å². The van der Waals surface area contributed by atoms with Gasteiger partial charge in [0.2, 0.25) is 5.91 Å². The van der Waals surface area contributed by atoms with Crippen LogP contribution in [-0.4, -0.2) is 56.8 Å². The number of carbonyl (C=O) groups excluding carboxylic acids is 1. The number of thioether (sulfide) groups is 1. The van der Waals surface area contributed by atoms with Crippen molar-refractivity contribution in [3.05, 3.63) is 0 Å². The molecule has 88 valence electrons. The summed E-state index contributed by atoms with van der Waals surface area (Å²) in [4.78, 5) is 13.2. The van der Waals surface area contributed by atoms with E-state index in [9.17, 15) is 15.0 Å². The molecular weight excluding hydrogens is 214 g/mol. The zero-order valence-corrected chi connectivity index (χ0v) is 10.3. The topological polar surface area (TPSA) is 60.8 Å². The third kappa shape index (κ3) is 4.01. The Kier molecular flexibility index (Phi) is 4.03. The van der Waals surface area contributed by atoms with Gasteiger partial charge < -0.3 is 15.1 Å². The minimum absolute atomic E-state index is 0.00877. The maximum Gasteiger partial charge on any atom is 0.232 e. The lowest BCUT2D eigenvalue weighted by atomic mass is 10.3. The fourth-order valence-corrected chi connectivity index (χ4v) is 2.08. The standard InChI is InChI=1S/C10H19NO3S/c1-10(2,3)15-6-9(14)11-4-7(12)8(13)5-11/h7-8,12-13H,4-6H2,1-3H3/t7-,8+. The van der Waals surface area contributed by atoms with E-state index in [2.05, 4.69) is 20.8 Å². The maximum atomic E-state index is 11.7. The van der Waals surface area contributed by atoms with Crippen molar-refractivity contribution < 1.29 is 15.0 Å². The molecule has 0 bridgehead atoms. The van der Waals surface area contributed by atoms with E-state index in [4.69, 9.17) is 0 Å². The van der Waals surface area contributed by atoms with Gasteiger partial charge in [-0.3, -0.25) is 4.79 Å². The van der Waals surface area contributed by atoms with Crippen LogP contribution in [0.15, 0.2) is 0 Å². The SMILES string of the molecule is CC(C)(C)SCC(=O)N1C[C@@H](O)[C@@H](O)C1. The van der Waals surface area contributed by atoms with Crippen molar-refractivity contribution in [2.75, 3.05) is 18.8 Å². The maximum absolute atomic E-state index is 11.7. The summed E-state index contributed by atoms with van der Waals surface area (Å²) in [6, 6.07) is 0. The molecule has 1 amide bonds. The van der Waals surface area contributed by atoms with Crippen LogP contribution in [0, 0.1) is 0 Å². The highest BCUT2D eigenvalue weighted by atomic mass is 32.2. The molecule has 1 heterocycles. The quantitative estimate of drug-likeness (QED) is 0.709. The van der Waals surface area contributed by atoms with Crippen molar-refractivity contribution >= 4 is 17.7 Å². The molecule has 5 heteroatoms. The minimum atomic E-state index is -0.784. The number of nitrogens with zero attached hydrogens (tertiary/aromatic N) is 1. The van der Waals surface area contributed by atoms with Gasteiger partial charge in [0.1, 0.15) is 0 Å². The fraction of sp³-hybridized carbons (Fsp3) is 0.900. The average Bonchev–Trinajstić information content (AvgIpc) is 2.42. The van der Waals surface area contributed by atoms with Crippen molar-refractivity contribution in [2.45, 2.75) is 37.7 Å². The highest BCUT2D eigenvalue weighted by Gasteiger charge is 2.32. The highest BCUT2D eigenvalue weighted by Crippen LogP contribution is 2.24. The fourth-order valence-electron chi connectivity index (χ4n) is 1.34. The van der Waals surface area contributed by atoms with Crippen LogP contribution in [0.5, 0.6) is 0 Å². The van der Waals surface area contributed by atoms with Gasteiger partial charge in [0.15, 0.2) is 0 Å². The summed E-state index contributed by atoms with van der Waals surface area (Å²) in [5, 5.41) is 18.6. The van der Waals surface area contributed by atoms with E-state index in [1.54, 1.807) is 11.8 Å². The van der Waals surface area contributed by atoms with Gasteiger partial charge in [0, 0.05) is 17.8 Å². The van der Waals surface area contributed by atoms with Crippen molar-refractivity contribution in [1.29, 1.82) is 0 Å². The van der Waals surface area contributed by atoms with E-state index in [-0.39, 0.29) is 23.7 Å². The normalized spacial score (nSPS) is 27.1. The van der Waals surface area contributed by atoms with Gasteiger partial charge in [-0.15, -0.1) is 11.8 Å². The number of aliphatic hydroxyl groups is 2. The molecule has 4 nitrogen and oxygen atoms in total. The Hall–Kier alpha value is -0.260. The molecule has 0 aliphatic carbocycles. The molecule has 1 saturated heterocycles. The molecule has 1 aliphatic rings. The Labute approximate surface area is 94.7 Å². The van der Waals surface area contributed by atoms with Gasteiger partial charge in [-0.25, -0.2) is 0 Å². The third-order valence-corrected chi connectivity index (χ3v) is 3.50. The van der Waals surface area contributed by atoms with Crippen LogP contribution in [0.1, 0.15) is 20.8 Å². The lowest BCUT2D eigenvalue weighted by molar-refractivity contribution is -0.127. The van der Waals surface area contributed by atoms with Crippen LogP contribution >= 0.6 is 11.8 Å². The summed E-state index contributed by atoms with van der Waals surface area (Å²) in [6.45, 7) is 6.67. The Balaban J connectivity index is 2.36. The summed E-state index contributed by atoms with van der Waals surface area (Å²) >= 11 is 1.58. The molecule has 0 aromatic carbocycles. The predicted molar refractivity (Wildman–Crippen MR) is 60.8 cm³/mol. The number of aliphatic hydroxyl groups excluding tert-OH is 2. The number of hydrogen-bond acceptors (Lipinski definition) is 4. The molecule has 1 aliphatic heterocycles. The molecule has 0 saturated carbocycles. The number of rotatable bonds is 2. The van der Waals surface area contributed by atoms with E-state index in [1.807, 2.05) is 0 Å². The van der Waals surface area contributed by atoms with Crippen LogP contribution in [0.4, 0.5) is 0 Å². The van der Waals surface area contributed by atoms with E-state index in [0.29, 0.717) is 5.75 Å². The zero-order chi connectivity index (χ0) is 11.6. The highest BCUT2D eigenvalue weighted by molar-refractivity contribution is 8.01. The molecular formula is C10H19NO3S. The number of likely N-dealkylation sites (tertiary alicyclic amines) is 1. The molecule has 0 aromatic rings. The van der Waals surface area contributed by atoms with Gasteiger partial charge in [0.05, 0.1) is 18.0 Å². The van der Waals surface area contributed by atoms with Crippen LogP contribution in [-0.2, 0) is 4.79 Å². The van der Waals surface area contributed by atoms with Crippen molar-refractivity contribution in [2.24, 2.45) is 0 Å². The zero-order valence-electron chi connectivity index (χ0n) is 9.43. The smallest absolute Gasteiger partial charge is 0.232 e. The molecule has 0 radical (unpaired) electrons. The first kappa shape index (κ1) is 12.8. The second-order valence-corrected chi connectivity index (χ2v) is 6.64. The predicted octanol–water partition coefficient (Wildman–Crippen LogP) is 0.0821. The van der Waals surface area contributed by atoms with Crippen LogP contribution in [0.3, 0.4) is 0 Å². The number of amides is 1. The van der Waals surface area contributed by atoms with Gasteiger partial charge in [-0.1, -0.05) is 20.8 Å². The monoisotopic (exact) mass is 233 g/mol. The Bertz CT molecular complexity index is 229. The largest absolute Gasteiger partial charge is 0.388 e. The summed E-state index contributed by atoms with van der Waals surface area (Å²) < 4.78 is 0.0621. The Morgan fingerprint density at radius 3 is 2.20 bits per heavy atom. The third-order valence-electron chi connectivity index (χ3n) is 2.24. The number of carbonyl (C=O) groups is 1. The van der Waals surface area contributed by atoms with Crippen molar-refractivity contribution in [1.82, 2.24) is 4.90 Å². The molecule has 2 N–H and O–H groups in total. The summed E-state index contributed by atoms with van der Waals surface area (Å²) in [5.74, 6) is 0.397. The summed E-state index contributed by atoms with van der Waals surface area (Å²) in [6.07, 6.45) is -1.57. The van der Waals surface area contributed by atoms with Crippen LogP contribution in [0.2, 0.25) is 0 Å². The van der Waals surface area contributed by atoms with Gasteiger partial charge in [0.25, 0.3) is 0 Å². The molecule has 2 atom stereocenters. The first-order chi connectivity index (χ1) is 6.79. The van der Waals surface area contributed by atoms with E-state index < -0.39 is 12.2 Å². The lowest BCUT2D eigenvalue weighted by Gasteiger charge is -2.20. The number of β-amino-alcohol motifs (C(OH)–C–C–N with tert-alkyl or cyclic N) is 2. The Morgan fingerprint density at radius 2 is 1.80 bits per heavy atom. The molecule has 1 fully saturated rings. The molecule has 0 unspecified atom stereocenters. The van der Waals surface area contributed by atoms with E-state index in [0.717, 1.165) is 0 Å². The number of hydrogen-bond donors (Lipinski definition) is 2. The van der Waals surface area contributed by atoms with E-state index in [1.165, 1.54) is 4.90 Å². The molecule has 0 spiro atoms. The Morgan fingerprint density at radius 1 is 1.33 bits per heavy atom. The second kappa shape index (κ2) is 4.72. The second-order valence-electron chi connectivity index (χ2n) is 4.83. The average molecular weight is 233 g/mol. The minimum Gasteiger partial charge on any atom is -0.388 e. The summed E-state index contributed by atoms with van der Waals surface area (Å²) in [7, 11) is 0. The van der Waals surface area contributed by atoms with E-state index >= 15 is 0 Å². The first-order valence-electron chi connectivity index (χ1n) is 5.07. The molecule has 0 aromatic heterocycles.